The van der Waals surface area contributed by atoms with Crippen molar-refractivity contribution in [2.75, 3.05) is 0 Å². The first-order valence-electron chi connectivity index (χ1n) is 9.33. The molecule has 0 aliphatic carbocycles. The summed E-state index contributed by atoms with van der Waals surface area (Å²) in [7, 11) is 0. The average molecular weight is 365 g/mol. The Morgan fingerprint density at radius 3 is 2.54 bits per heavy atom. The van der Waals surface area contributed by atoms with E-state index in [1.807, 2.05) is 48.5 Å². The van der Waals surface area contributed by atoms with Gasteiger partial charge in [0, 0.05) is 5.56 Å². The number of fused-ring (bicyclic) bond motifs is 2. The summed E-state index contributed by atoms with van der Waals surface area (Å²) in [5.41, 5.74) is 5.00. The normalized spacial score (nSPS) is 11.2. The third-order valence-corrected chi connectivity index (χ3v) is 4.85. The molecule has 28 heavy (non-hydrogen) atoms. The first-order chi connectivity index (χ1) is 13.7. The standard InChI is InChI=1S/C25H19NO2/c1-17-7-12-24-23(13-17)26-25(28-24)21-9-8-20-15-22(11-10-19(20)14-21)27-16-18-5-3-2-4-6-18/h2-15H,16H2,1H3. The topological polar surface area (TPSA) is 35.3 Å². The summed E-state index contributed by atoms with van der Waals surface area (Å²) in [6.07, 6.45) is 0. The highest BCUT2D eigenvalue weighted by atomic mass is 16.5. The maximum atomic E-state index is 5.94. The van der Waals surface area contributed by atoms with Crippen LogP contribution >= 0.6 is 0 Å². The lowest BCUT2D eigenvalue weighted by molar-refractivity contribution is 0.306. The monoisotopic (exact) mass is 365 g/mol. The summed E-state index contributed by atoms with van der Waals surface area (Å²) in [4.78, 5) is 4.64. The summed E-state index contributed by atoms with van der Waals surface area (Å²) in [6, 6.07) is 28.6. The van der Waals surface area contributed by atoms with Gasteiger partial charge < -0.3 is 9.15 Å². The largest absolute Gasteiger partial charge is 0.489 e. The van der Waals surface area contributed by atoms with E-state index in [-0.39, 0.29) is 0 Å². The van der Waals surface area contributed by atoms with Gasteiger partial charge in [-0.05, 0) is 65.2 Å². The van der Waals surface area contributed by atoms with Crippen LogP contribution < -0.4 is 4.74 Å². The number of oxazole rings is 1. The zero-order chi connectivity index (χ0) is 18.9. The molecule has 0 N–H and O–H groups in total. The predicted molar refractivity (Wildman–Crippen MR) is 112 cm³/mol. The fourth-order valence-electron chi connectivity index (χ4n) is 3.35. The Bertz CT molecular complexity index is 1270. The highest BCUT2D eigenvalue weighted by molar-refractivity contribution is 5.88. The van der Waals surface area contributed by atoms with Gasteiger partial charge in [-0.25, -0.2) is 4.98 Å². The van der Waals surface area contributed by atoms with Gasteiger partial charge in [0.05, 0.1) is 0 Å². The van der Waals surface area contributed by atoms with Crippen LogP contribution in [0.1, 0.15) is 11.1 Å². The fraction of sp³-hybridized carbons (Fsp3) is 0.0800. The minimum absolute atomic E-state index is 0.562. The molecule has 5 rings (SSSR count). The van der Waals surface area contributed by atoms with Gasteiger partial charge >= 0.3 is 0 Å². The smallest absolute Gasteiger partial charge is 0.227 e. The van der Waals surface area contributed by atoms with Gasteiger partial charge in [0.2, 0.25) is 5.89 Å². The zero-order valence-electron chi connectivity index (χ0n) is 15.6. The molecule has 0 fully saturated rings. The Labute approximate surface area is 163 Å². The van der Waals surface area contributed by atoms with E-state index >= 15 is 0 Å². The second-order valence-corrected chi connectivity index (χ2v) is 6.99. The fourth-order valence-corrected chi connectivity index (χ4v) is 3.35. The first kappa shape index (κ1) is 16.6. The van der Waals surface area contributed by atoms with Crippen LogP contribution in [-0.4, -0.2) is 4.98 Å². The van der Waals surface area contributed by atoms with Gasteiger partial charge in [0.1, 0.15) is 17.9 Å². The molecule has 0 atom stereocenters. The molecule has 0 saturated carbocycles. The van der Waals surface area contributed by atoms with Crippen molar-refractivity contribution in [2.24, 2.45) is 0 Å². The zero-order valence-corrected chi connectivity index (χ0v) is 15.6. The number of aryl methyl sites for hydroxylation is 1. The Balaban J connectivity index is 1.42. The molecule has 3 heteroatoms. The molecule has 136 valence electrons. The summed E-state index contributed by atoms with van der Waals surface area (Å²) >= 11 is 0. The molecule has 0 bridgehead atoms. The highest BCUT2D eigenvalue weighted by Crippen LogP contribution is 2.29. The summed E-state index contributed by atoms with van der Waals surface area (Å²) in [6.45, 7) is 2.62. The molecule has 0 saturated heterocycles. The van der Waals surface area contributed by atoms with Crippen LogP contribution in [-0.2, 0) is 6.61 Å². The Morgan fingerprint density at radius 1 is 0.821 bits per heavy atom. The van der Waals surface area contributed by atoms with Gasteiger partial charge in [0.25, 0.3) is 0 Å². The molecule has 0 radical (unpaired) electrons. The van der Waals surface area contributed by atoms with Gasteiger partial charge in [-0.3, -0.25) is 0 Å². The lowest BCUT2D eigenvalue weighted by Gasteiger charge is -2.08. The number of hydrogen-bond donors (Lipinski definition) is 0. The minimum atomic E-state index is 0.562. The van der Waals surface area contributed by atoms with E-state index < -0.39 is 0 Å². The third kappa shape index (κ3) is 3.23. The maximum absolute atomic E-state index is 5.94. The number of nitrogens with zero attached hydrogens (tertiary/aromatic N) is 1. The van der Waals surface area contributed by atoms with E-state index in [1.165, 1.54) is 5.56 Å². The molecular formula is C25H19NO2. The van der Waals surface area contributed by atoms with Crippen LogP contribution in [0.4, 0.5) is 0 Å². The Morgan fingerprint density at radius 2 is 1.64 bits per heavy atom. The quantitative estimate of drug-likeness (QED) is 0.363. The molecular weight excluding hydrogens is 346 g/mol. The molecule has 1 aromatic heterocycles. The van der Waals surface area contributed by atoms with Crippen molar-refractivity contribution in [1.29, 1.82) is 0 Å². The van der Waals surface area contributed by atoms with E-state index in [9.17, 15) is 0 Å². The lowest BCUT2D eigenvalue weighted by Crippen LogP contribution is -1.94. The van der Waals surface area contributed by atoms with Crippen molar-refractivity contribution < 1.29 is 9.15 Å². The summed E-state index contributed by atoms with van der Waals surface area (Å²) in [5.74, 6) is 1.51. The van der Waals surface area contributed by atoms with Crippen LogP contribution in [0.25, 0.3) is 33.3 Å². The van der Waals surface area contributed by atoms with E-state index in [0.717, 1.165) is 38.7 Å². The van der Waals surface area contributed by atoms with Crippen LogP contribution in [0.3, 0.4) is 0 Å². The third-order valence-electron chi connectivity index (χ3n) is 4.85. The van der Waals surface area contributed by atoms with E-state index in [2.05, 4.69) is 48.3 Å². The van der Waals surface area contributed by atoms with Crippen LogP contribution in [0.15, 0.2) is 89.3 Å². The van der Waals surface area contributed by atoms with Gasteiger partial charge in [-0.2, -0.15) is 0 Å². The molecule has 5 aromatic rings. The molecule has 0 aliphatic heterocycles. The van der Waals surface area contributed by atoms with E-state index in [0.29, 0.717) is 12.5 Å². The van der Waals surface area contributed by atoms with Crippen molar-refractivity contribution in [3.05, 3.63) is 96.1 Å². The van der Waals surface area contributed by atoms with Crippen molar-refractivity contribution in [3.8, 4) is 17.2 Å². The number of hydrogen-bond acceptors (Lipinski definition) is 3. The second-order valence-electron chi connectivity index (χ2n) is 6.99. The molecule has 0 unspecified atom stereocenters. The van der Waals surface area contributed by atoms with Crippen molar-refractivity contribution in [3.63, 3.8) is 0 Å². The molecule has 1 heterocycles. The summed E-state index contributed by atoms with van der Waals surface area (Å²) < 4.78 is 11.9. The van der Waals surface area contributed by atoms with E-state index in [1.54, 1.807) is 0 Å². The lowest BCUT2D eigenvalue weighted by atomic mass is 10.1. The van der Waals surface area contributed by atoms with Crippen molar-refractivity contribution in [1.82, 2.24) is 4.98 Å². The van der Waals surface area contributed by atoms with E-state index in [4.69, 9.17) is 9.15 Å². The first-order valence-corrected chi connectivity index (χ1v) is 9.33. The molecule has 0 spiro atoms. The van der Waals surface area contributed by atoms with Gasteiger partial charge in [-0.1, -0.05) is 48.5 Å². The van der Waals surface area contributed by atoms with Crippen molar-refractivity contribution in [2.45, 2.75) is 13.5 Å². The number of aromatic nitrogens is 1. The average Bonchev–Trinajstić information content (AvgIpc) is 3.15. The van der Waals surface area contributed by atoms with Gasteiger partial charge in [0.15, 0.2) is 5.58 Å². The maximum Gasteiger partial charge on any atom is 0.227 e. The minimum Gasteiger partial charge on any atom is -0.489 e. The number of benzene rings is 4. The Kier molecular flexibility index (Phi) is 4.06. The van der Waals surface area contributed by atoms with Crippen LogP contribution in [0.5, 0.6) is 5.75 Å². The number of rotatable bonds is 4. The highest BCUT2D eigenvalue weighted by Gasteiger charge is 2.09. The summed E-state index contributed by atoms with van der Waals surface area (Å²) in [5, 5.41) is 2.25. The second kappa shape index (κ2) is 6.86. The Hall–Kier alpha value is -3.59. The molecule has 4 aromatic carbocycles. The van der Waals surface area contributed by atoms with Gasteiger partial charge in [-0.15, -0.1) is 0 Å². The van der Waals surface area contributed by atoms with Crippen LogP contribution in [0.2, 0.25) is 0 Å². The molecule has 0 aliphatic rings. The molecule has 3 nitrogen and oxygen atoms in total. The van der Waals surface area contributed by atoms with Crippen molar-refractivity contribution >= 4 is 21.9 Å². The predicted octanol–water partition coefficient (Wildman–Crippen LogP) is 6.54. The number of ether oxygens (including phenoxy) is 1. The molecule has 0 amide bonds. The van der Waals surface area contributed by atoms with Crippen LogP contribution in [0, 0.1) is 6.92 Å². The SMILES string of the molecule is Cc1ccc2oc(-c3ccc4cc(OCc5ccccc5)ccc4c3)nc2c1.